The van der Waals surface area contributed by atoms with E-state index in [1.54, 1.807) is 30.3 Å². The third-order valence-electron chi connectivity index (χ3n) is 3.79. The third kappa shape index (κ3) is 2.44. The molecule has 0 bridgehead atoms. The lowest BCUT2D eigenvalue weighted by Crippen LogP contribution is -2.30. The first-order chi connectivity index (χ1) is 11.6. The molecule has 0 atom stereocenters. The van der Waals surface area contributed by atoms with Crippen LogP contribution in [-0.4, -0.2) is 43.9 Å². The van der Waals surface area contributed by atoms with Gasteiger partial charge in [-0.3, -0.25) is 9.59 Å². The number of carbonyl (C=O) groups is 2. The third-order valence-corrected chi connectivity index (χ3v) is 3.79. The normalized spacial score (nSPS) is 17.2. The lowest BCUT2D eigenvalue weighted by Gasteiger charge is -2.16. The molecule has 0 aromatic heterocycles. The van der Waals surface area contributed by atoms with Crippen LogP contribution in [0.1, 0.15) is 27.1 Å². The Kier molecular flexibility index (Phi) is 4.07. The molecule has 1 aromatic rings. The van der Waals surface area contributed by atoms with Gasteiger partial charge in [-0.05, 0) is 12.1 Å². The molecule has 7 nitrogen and oxygen atoms in total. The molecule has 0 N–H and O–H groups in total. The molecule has 0 fully saturated rings. The molecule has 2 amide bonds. The smallest absolute Gasteiger partial charge is 0.267 e. The SMILES string of the molecule is COC1=CC(OC)=C(N2C(=O)c3ccccc3C2=O)N=C(OC)C1. The van der Waals surface area contributed by atoms with E-state index in [0.717, 1.165) is 4.90 Å². The maximum absolute atomic E-state index is 12.7. The molecule has 0 saturated carbocycles. The van der Waals surface area contributed by atoms with Crippen molar-refractivity contribution >= 4 is 17.7 Å². The van der Waals surface area contributed by atoms with E-state index in [4.69, 9.17) is 14.2 Å². The zero-order valence-electron chi connectivity index (χ0n) is 13.5. The van der Waals surface area contributed by atoms with Gasteiger partial charge in [0, 0.05) is 6.08 Å². The van der Waals surface area contributed by atoms with Crippen molar-refractivity contribution in [2.24, 2.45) is 4.99 Å². The monoisotopic (exact) mass is 328 g/mol. The molecule has 0 radical (unpaired) electrons. The van der Waals surface area contributed by atoms with E-state index in [9.17, 15) is 9.59 Å². The summed E-state index contributed by atoms with van der Waals surface area (Å²) in [6.45, 7) is 0. The lowest BCUT2D eigenvalue weighted by atomic mass is 10.1. The molecule has 24 heavy (non-hydrogen) atoms. The van der Waals surface area contributed by atoms with Crippen molar-refractivity contribution in [1.82, 2.24) is 4.90 Å². The molecule has 0 aliphatic carbocycles. The Morgan fingerprint density at radius 1 is 0.958 bits per heavy atom. The molecule has 0 spiro atoms. The first kappa shape index (κ1) is 15.8. The molecular weight excluding hydrogens is 312 g/mol. The molecule has 2 aliphatic rings. The zero-order valence-corrected chi connectivity index (χ0v) is 13.5. The molecule has 1 aromatic carbocycles. The fourth-order valence-corrected chi connectivity index (χ4v) is 2.56. The topological polar surface area (TPSA) is 77.4 Å². The van der Waals surface area contributed by atoms with E-state index in [2.05, 4.69) is 4.99 Å². The van der Waals surface area contributed by atoms with E-state index in [1.165, 1.54) is 21.3 Å². The van der Waals surface area contributed by atoms with Gasteiger partial charge in [0.1, 0.15) is 5.76 Å². The van der Waals surface area contributed by atoms with Crippen molar-refractivity contribution < 1.29 is 23.8 Å². The summed E-state index contributed by atoms with van der Waals surface area (Å²) in [5.41, 5.74) is 0.666. The molecule has 124 valence electrons. The quantitative estimate of drug-likeness (QED) is 0.794. The number of carbonyl (C=O) groups excluding carboxylic acids is 2. The number of methoxy groups -OCH3 is 3. The van der Waals surface area contributed by atoms with Gasteiger partial charge >= 0.3 is 0 Å². The summed E-state index contributed by atoms with van der Waals surface area (Å²) in [6, 6.07) is 6.63. The van der Waals surface area contributed by atoms with Crippen LogP contribution in [0.2, 0.25) is 0 Å². The van der Waals surface area contributed by atoms with Crippen LogP contribution in [0.15, 0.2) is 52.7 Å². The average molecular weight is 328 g/mol. The van der Waals surface area contributed by atoms with Crippen LogP contribution >= 0.6 is 0 Å². The summed E-state index contributed by atoms with van der Waals surface area (Å²) < 4.78 is 15.8. The fourth-order valence-electron chi connectivity index (χ4n) is 2.56. The van der Waals surface area contributed by atoms with Crippen molar-refractivity contribution in [1.29, 1.82) is 0 Å². The molecule has 2 heterocycles. The number of benzene rings is 1. The minimum Gasteiger partial charge on any atom is -0.500 e. The summed E-state index contributed by atoms with van der Waals surface area (Å²) in [4.78, 5) is 30.7. The summed E-state index contributed by atoms with van der Waals surface area (Å²) in [7, 11) is 4.41. The first-order valence-corrected chi connectivity index (χ1v) is 7.23. The number of fused-ring (bicyclic) bond motifs is 1. The Balaban J connectivity index is 2.16. The number of aliphatic imine (C=N–C) groups is 1. The number of hydrogen-bond donors (Lipinski definition) is 0. The summed E-state index contributed by atoms with van der Waals surface area (Å²) in [5, 5.41) is 0. The number of amides is 2. The number of imide groups is 1. The summed E-state index contributed by atoms with van der Waals surface area (Å²) >= 11 is 0. The van der Waals surface area contributed by atoms with Crippen LogP contribution in [0, 0.1) is 0 Å². The number of allylic oxidation sites excluding steroid dienone is 1. The maximum atomic E-state index is 12.7. The van der Waals surface area contributed by atoms with Gasteiger partial charge in [-0.2, -0.15) is 4.99 Å². The second-order valence-corrected chi connectivity index (χ2v) is 5.08. The molecule has 0 unspecified atom stereocenters. The van der Waals surface area contributed by atoms with E-state index in [0.29, 0.717) is 22.8 Å². The highest BCUT2D eigenvalue weighted by Gasteiger charge is 2.39. The van der Waals surface area contributed by atoms with Gasteiger partial charge in [-0.25, -0.2) is 4.90 Å². The van der Waals surface area contributed by atoms with Crippen molar-refractivity contribution in [2.45, 2.75) is 6.42 Å². The van der Waals surface area contributed by atoms with Gasteiger partial charge in [-0.1, -0.05) is 12.1 Å². The Labute approximate surface area is 138 Å². The predicted molar refractivity (Wildman–Crippen MR) is 85.1 cm³/mol. The molecule has 2 aliphatic heterocycles. The number of rotatable bonds is 3. The highest BCUT2D eigenvalue weighted by Crippen LogP contribution is 2.30. The zero-order chi connectivity index (χ0) is 17.3. The minimum absolute atomic E-state index is 0.0765. The van der Waals surface area contributed by atoms with Crippen LogP contribution in [0.3, 0.4) is 0 Å². The van der Waals surface area contributed by atoms with Crippen molar-refractivity contribution in [3.05, 3.63) is 58.8 Å². The summed E-state index contributed by atoms with van der Waals surface area (Å²) in [5.74, 6) is 0.268. The maximum Gasteiger partial charge on any atom is 0.267 e. The van der Waals surface area contributed by atoms with Gasteiger partial charge < -0.3 is 14.2 Å². The molecule has 0 saturated heterocycles. The van der Waals surface area contributed by atoms with Crippen LogP contribution in [-0.2, 0) is 14.2 Å². The van der Waals surface area contributed by atoms with Gasteiger partial charge in [0.15, 0.2) is 17.5 Å². The van der Waals surface area contributed by atoms with Gasteiger partial charge in [0.2, 0.25) is 0 Å². The first-order valence-electron chi connectivity index (χ1n) is 7.23. The predicted octanol–water partition coefficient (Wildman–Crippen LogP) is 2.08. The second-order valence-electron chi connectivity index (χ2n) is 5.08. The Bertz CT molecular complexity index is 772. The Morgan fingerprint density at radius 3 is 2.08 bits per heavy atom. The van der Waals surface area contributed by atoms with Crippen LogP contribution < -0.4 is 0 Å². The largest absolute Gasteiger partial charge is 0.500 e. The van der Waals surface area contributed by atoms with Crippen molar-refractivity contribution in [2.75, 3.05) is 21.3 Å². The van der Waals surface area contributed by atoms with Gasteiger partial charge in [-0.15, -0.1) is 0 Å². The molecule has 3 rings (SSSR count). The standard InChI is InChI=1S/C17H16N2O5/c1-22-10-8-13(23-2)15(18-14(9-10)24-3)19-16(20)11-6-4-5-7-12(11)17(19)21/h4-8H,9H2,1-3H3. The number of ether oxygens (including phenoxy) is 3. The number of hydrogen-bond acceptors (Lipinski definition) is 6. The average Bonchev–Trinajstić information content (AvgIpc) is 2.76. The molecule has 7 heteroatoms. The van der Waals surface area contributed by atoms with E-state index in [-0.39, 0.29) is 18.0 Å². The van der Waals surface area contributed by atoms with Crippen molar-refractivity contribution in [3.8, 4) is 0 Å². The Morgan fingerprint density at radius 2 is 1.58 bits per heavy atom. The Hall–Kier alpha value is -3.09. The van der Waals surface area contributed by atoms with Crippen LogP contribution in [0.5, 0.6) is 0 Å². The highest BCUT2D eigenvalue weighted by atomic mass is 16.5. The number of nitrogens with zero attached hydrogens (tertiary/aromatic N) is 2. The van der Waals surface area contributed by atoms with Gasteiger partial charge in [0.25, 0.3) is 11.8 Å². The van der Waals surface area contributed by atoms with Crippen molar-refractivity contribution in [3.63, 3.8) is 0 Å². The lowest BCUT2D eigenvalue weighted by molar-refractivity contribution is 0.0693. The van der Waals surface area contributed by atoms with Crippen LogP contribution in [0.25, 0.3) is 0 Å². The minimum atomic E-state index is -0.450. The van der Waals surface area contributed by atoms with E-state index < -0.39 is 11.8 Å². The van der Waals surface area contributed by atoms with Crippen LogP contribution in [0.4, 0.5) is 0 Å². The van der Waals surface area contributed by atoms with E-state index >= 15 is 0 Å². The second kappa shape index (κ2) is 6.19. The summed E-state index contributed by atoms with van der Waals surface area (Å²) in [6.07, 6.45) is 1.88. The highest BCUT2D eigenvalue weighted by molar-refractivity contribution is 6.22. The molecular formula is C17H16N2O5. The van der Waals surface area contributed by atoms with Gasteiger partial charge in [0.05, 0.1) is 38.9 Å². The fraction of sp³-hybridized carbons (Fsp3) is 0.235. The van der Waals surface area contributed by atoms with E-state index in [1.807, 2.05) is 0 Å².